The van der Waals surface area contributed by atoms with Gasteiger partial charge in [-0.15, -0.1) is 6.42 Å². The Hall–Kier alpha value is -2.55. The van der Waals surface area contributed by atoms with Crippen molar-refractivity contribution in [3.63, 3.8) is 0 Å². The number of nitrogens with one attached hydrogen (secondary N) is 2. The van der Waals surface area contributed by atoms with Gasteiger partial charge in [-0.1, -0.05) is 5.92 Å². The van der Waals surface area contributed by atoms with Gasteiger partial charge in [0.1, 0.15) is 0 Å². The maximum absolute atomic E-state index is 11.3. The van der Waals surface area contributed by atoms with Crippen molar-refractivity contribution in [3.8, 4) is 12.3 Å². The van der Waals surface area contributed by atoms with E-state index in [-0.39, 0.29) is 11.7 Å². The molecule has 0 aliphatic carbocycles. The molecule has 0 bridgehead atoms. The highest BCUT2D eigenvalue weighted by atomic mass is 16.6. The Kier molecular flexibility index (Phi) is 4.06. The number of anilines is 1. The molecule has 2 amide bonds. The Labute approximate surface area is 98.2 Å². The smallest absolute Gasteiger partial charge is 0.320 e. The molecule has 0 aliphatic heterocycles. The predicted molar refractivity (Wildman–Crippen MR) is 63.5 cm³/mol. The number of carbonyl (C=O) groups is 1. The minimum absolute atomic E-state index is 0.0343. The molecule has 1 aromatic carbocycles. The Bertz CT molecular complexity index is 462. The van der Waals surface area contributed by atoms with E-state index in [0.717, 1.165) is 0 Å². The van der Waals surface area contributed by atoms with Crippen molar-refractivity contribution in [2.24, 2.45) is 0 Å². The minimum Gasteiger partial charge on any atom is -0.325 e. The number of hydrogen-bond donors (Lipinski definition) is 2. The first-order valence-electron chi connectivity index (χ1n) is 4.81. The van der Waals surface area contributed by atoms with Crippen molar-refractivity contribution in [1.29, 1.82) is 0 Å². The molecule has 1 rings (SSSR count). The fourth-order valence-corrected chi connectivity index (χ4v) is 1.07. The molecule has 0 aromatic heterocycles. The summed E-state index contributed by atoms with van der Waals surface area (Å²) in [6.45, 7) is 1.66. The number of urea groups is 1. The lowest BCUT2D eigenvalue weighted by Crippen LogP contribution is -2.35. The van der Waals surface area contributed by atoms with E-state index in [1.807, 2.05) is 0 Å². The first-order valence-corrected chi connectivity index (χ1v) is 4.81. The fraction of sp³-hybridized carbons (Fsp3) is 0.182. The van der Waals surface area contributed by atoms with Crippen molar-refractivity contribution in [3.05, 3.63) is 34.4 Å². The van der Waals surface area contributed by atoms with Crippen molar-refractivity contribution >= 4 is 17.4 Å². The summed E-state index contributed by atoms with van der Waals surface area (Å²) in [5, 5.41) is 15.4. The summed E-state index contributed by atoms with van der Waals surface area (Å²) < 4.78 is 0. The lowest BCUT2D eigenvalue weighted by molar-refractivity contribution is -0.384. The summed E-state index contributed by atoms with van der Waals surface area (Å²) in [5.74, 6) is 2.34. The number of carbonyl (C=O) groups excluding carboxylic acids is 1. The van der Waals surface area contributed by atoms with Crippen LogP contribution in [-0.4, -0.2) is 17.0 Å². The summed E-state index contributed by atoms with van der Waals surface area (Å²) in [4.78, 5) is 21.2. The first kappa shape index (κ1) is 12.5. The third-order valence-corrected chi connectivity index (χ3v) is 1.93. The SMILES string of the molecule is C#CC(C)NC(=O)Nc1ccc([N+](=O)[O-])cc1. The Morgan fingerprint density at radius 1 is 1.47 bits per heavy atom. The summed E-state index contributed by atoms with van der Waals surface area (Å²) in [5.41, 5.74) is 0.422. The van der Waals surface area contributed by atoms with Crippen molar-refractivity contribution in [1.82, 2.24) is 5.32 Å². The van der Waals surface area contributed by atoms with E-state index in [4.69, 9.17) is 6.42 Å². The van der Waals surface area contributed by atoms with Crippen LogP contribution in [0.5, 0.6) is 0 Å². The molecule has 6 heteroatoms. The molecule has 6 nitrogen and oxygen atoms in total. The third-order valence-electron chi connectivity index (χ3n) is 1.93. The van der Waals surface area contributed by atoms with E-state index in [0.29, 0.717) is 5.69 Å². The molecule has 0 saturated heterocycles. The number of nitro benzene ring substituents is 1. The van der Waals surface area contributed by atoms with Crippen LogP contribution >= 0.6 is 0 Å². The van der Waals surface area contributed by atoms with E-state index in [1.165, 1.54) is 24.3 Å². The Balaban J connectivity index is 2.61. The molecule has 17 heavy (non-hydrogen) atoms. The van der Waals surface area contributed by atoms with E-state index >= 15 is 0 Å². The maximum atomic E-state index is 11.3. The van der Waals surface area contributed by atoms with Gasteiger partial charge >= 0.3 is 6.03 Å². The molecule has 1 atom stereocenters. The second-order valence-electron chi connectivity index (χ2n) is 3.29. The lowest BCUT2D eigenvalue weighted by Gasteiger charge is -2.09. The van der Waals surface area contributed by atoms with Gasteiger partial charge < -0.3 is 10.6 Å². The average molecular weight is 233 g/mol. The highest BCUT2D eigenvalue weighted by Gasteiger charge is 2.07. The van der Waals surface area contributed by atoms with Gasteiger partial charge in [0, 0.05) is 17.8 Å². The normalized spacial score (nSPS) is 11.1. The van der Waals surface area contributed by atoms with Gasteiger partial charge in [-0.2, -0.15) is 0 Å². The quantitative estimate of drug-likeness (QED) is 0.473. The lowest BCUT2D eigenvalue weighted by atomic mass is 10.3. The molecule has 0 fully saturated rings. The van der Waals surface area contributed by atoms with Crippen LogP contribution in [0.4, 0.5) is 16.2 Å². The molecular weight excluding hydrogens is 222 g/mol. The molecule has 0 saturated carbocycles. The van der Waals surface area contributed by atoms with Gasteiger partial charge in [0.2, 0.25) is 0 Å². The standard InChI is InChI=1S/C11H11N3O3/c1-3-8(2)12-11(15)13-9-4-6-10(7-5-9)14(16)17/h1,4-8H,2H3,(H2,12,13,15). The number of benzene rings is 1. The van der Waals surface area contributed by atoms with E-state index in [1.54, 1.807) is 6.92 Å². The molecule has 1 aromatic rings. The second-order valence-corrected chi connectivity index (χ2v) is 3.29. The van der Waals surface area contributed by atoms with Crippen LogP contribution < -0.4 is 10.6 Å². The molecule has 0 aliphatic rings. The predicted octanol–water partition coefficient (Wildman–Crippen LogP) is 1.74. The summed E-state index contributed by atoms with van der Waals surface area (Å²) in [7, 11) is 0. The minimum atomic E-state index is -0.510. The molecule has 0 spiro atoms. The van der Waals surface area contributed by atoms with Crippen LogP contribution in [0.15, 0.2) is 24.3 Å². The molecule has 2 N–H and O–H groups in total. The number of amides is 2. The van der Waals surface area contributed by atoms with Crippen molar-refractivity contribution < 1.29 is 9.72 Å². The van der Waals surface area contributed by atoms with Crippen LogP contribution in [0.1, 0.15) is 6.92 Å². The molecule has 0 heterocycles. The molecule has 1 unspecified atom stereocenters. The van der Waals surface area contributed by atoms with E-state index < -0.39 is 11.0 Å². The van der Waals surface area contributed by atoms with E-state index in [2.05, 4.69) is 16.6 Å². The van der Waals surface area contributed by atoms with Crippen LogP contribution in [0.2, 0.25) is 0 Å². The number of nitro groups is 1. The molecule has 0 radical (unpaired) electrons. The van der Waals surface area contributed by atoms with Crippen molar-refractivity contribution in [2.75, 3.05) is 5.32 Å². The average Bonchev–Trinajstić information content (AvgIpc) is 2.29. The molecule has 88 valence electrons. The second kappa shape index (κ2) is 5.51. The van der Waals surface area contributed by atoms with Gasteiger partial charge in [0.05, 0.1) is 11.0 Å². The van der Waals surface area contributed by atoms with Crippen LogP contribution in [0, 0.1) is 22.5 Å². The molecular formula is C11H11N3O3. The Morgan fingerprint density at radius 3 is 2.53 bits per heavy atom. The summed E-state index contributed by atoms with van der Waals surface area (Å²) in [6, 6.07) is 4.66. The van der Waals surface area contributed by atoms with Gasteiger partial charge in [-0.3, -0.25) is 10.1 Å². The summed E-state index contributed by atoms with van der Waals surface area (Å²) in [6.07, 6.45) is 5.10. The zero-order valence-corrected chi connectivity index (χ0v) is 9.14. The van der Waals surface area contributed by atoms with Crippen LogP contribution in [0.3, 0.4) is 0 Å². The van der Waals surface area contributed by atoms with Gasteiger partial charge in [0.15, 0.2) is 0 Å². The monoisotopic (exact) mass is 233 g/mol. The van der Waals surface area contributed by atoms with Gasteiger partial charge in [-0.25, -0.2) is 4.79 Å². The highest BCUT2D eigenvalue weighted by Crippen LogP contribution is 2.15. The third kappa shape index (κ3) is 3.83. The maximum Gasteiger partial charge on any atom is 0.320 e. The van der Waals surface area contributed by atoms with Crippen molar-refractivity contribution in [2.45, 2.75) is 13.0 Å². The number of terminal acetylenes is 1. The largest absolute Gasteiger partial charge is 0.325 e. The number of rotatable bonds is 3. The highest BCUT2D eigenvalue weighted by molar-refractivity contribution is 5.89. The van der Waals surface area contributed by atoms with Gasteiger partial charge in [-0.05, 0) is 19.1 Å². The summed E-state index contributed by atoms with van der Waals surface area (Å²) >= 11 is 0. The topological polar surface area (TPSA) is 84.3 Å². The van der Waals surface area contributed by atoms with Gasteiger partial charge in [0.25, 0.3) is 5.69 Å². The first-order chi connectivity index (χ1) is 8.02. The number of nitrogens with zero attached hydrogens (tertiary/aromatic N) is 1. The number of hydrogen-bond acceptors (Lipinski definition) is 3. The number of non-ortho nitro benzene ring substituents is 1. The Morgan fingerprint density at radius 2 is 2.06 bits per heavy atom. The van der Waals surface area contributed by atoms with Crippen LogP contribution in [0.25, 0.3) is 0 Å². The zero-order chi connectivity index (χ0) is 12.8. The van der Waals surface area contributed by atoms with E-state index in [9.17, 15) is 14.9 Å². The van der Waals surface area contributed by atoms with Crippen LogP contribution in [-0.2, 0) is 0 Å². The zero-order valence-electron chi connectivity index (χ0n) is 9.14. The fourth-order valence-electron chi connectivity index (χ4n) is 1.07.